The fraction of sp³-hybridized carbons (Fsp3) is 0.308. The van der Waals surface area contributed by atoms with E-state index < -0.39 is 0 Å². The van der Waals surface area contributed by atoms with Gasteiger partial charge in [-0.3, -0.25) is 0 Å². The zero-order chi connectivity index (χ0) is 13.0. The first kappa shape index (κ1) is 13.4. The summed E-state index contributed by atoms with van der Waals surface area (Å²) < 4.78 is 2.07. The van der Waals surface area contributed by atoms with Crippen LogP contribution in [-0.4, -0.2) is 22.6 Å². The third kappa shape index (κ3) is 3.05. The Kier molecular flexibility index (Phi) is 4.64. The van der Waals surface area contributed by atoms with E-state index in [0.717, 1.165) is 30.9 Å². The predicted molar refractivity (Wildman–Crippen MR) is 76.2 cm³/mol. The van der Waals surface area contributed by atoms with Gasteiger partial charge in [0.2, 0.25) is 0 Å². The van der Waals surface area contributed by atoms with Crippen LogP contribution in [0, 0.1) is 0 Å². The molecule has 0 unspecified atom stereocenters. The van der Waals surface area contributed by atoms with E-state index in [1.54, 1.807) is 12.1 Å². The molecular formula is C13H15Cl2N3. The molecule has 96 valence electrons. The van der Waals surface area contributed by atoms with Crippen molar-refractivity contribution in [3.05, 3.63) is 40.8 Å². The lowest BCUT2D eigenvalue weighted by atomic mass is 10.1. The van der Waals surface area contributed by atoms with E-state index in [1.807, 2.05) is 18.6 Å². The Morgan fingerprint density at radius 1 is 1.33 bits per heavy atom. The molecule has 0 aliphatic carbocycles. The van der Waals surface area contributed by atoms with Gasteiger partial charge < -0.3 is 9.88 Å². The van der Waals surface area contributed by atoms with Crippen molar-refractivity contribution in [2.45, 2.75) is 13.5 Å². The van der Waals surface area contributed by atoms with Crippen LogP contribution in [0.3, 0.4) is 0 Å². The number of hydrogen-bond acceptors (Lipinski definition) is 2. The molecule has 5 heteroatoms. The first-order valence-electron chi connectivity index (χ1n) is 5.88. The summed E-state index contributed by atoms with van der Waals surface area (Å²) in [5.41, 5.74) is 1.90. The van der Waals surface area contributed by atoms with Crippen LogP contribution in [0.1, 0.15) is 6.92 Å². The van der Waals surface area contributed by atoms with Crippen LogP contribution in [-0.2, 0) is 6.54 Å². The van der Waals surface area contributed by atoms with E-state index in [4.69, 9.17) is 23.2 Å². The molecule has 0 aliphatic heterocycles. The molecule has 0 amide bonds. The second-order valence-corrected chi connectivity index (χ2v) is 4.79. The van der Waals surface area contributed by atoms with Crippen LogP contribution >= 0.6 is 23.2 Å². The third-order valence-electron chi connectivity index (χ3n) is 2.70. The SMILES string of the molecule is CCNCCn1cncc1-c1cc(Cl)ccc1Cl. The first-order valence-corrected chi connectivity index (χ1v) is 6.64. The number of nitrogens with zero attached hydrogens (tertiary/aromatic N) is 2. The molecule has 0 fully saturated rings. The van der Waals surface area contributed by atoms with Crippen LogP contribution in [0.25, 0.3) is 11.3 Å². The van der Waals surface area contributed by atoms with Crippen molar-refractivity contribution in [2.75, 3.05) is 13.1 Å². The Morgan fingerprint density at radius 2 is 2.17 bits per heavy atom. The molecular weight excluding hydrogens is 269 g/mol. The van der Waals surface area contributed by atoms with Gasteiger partial charge in [0.05, 0.1) is 23.2 Å². The van der Waals surface area contributed by atoms with E-state index >= 15 is 0 Å². The predicted octanol–water partition coefficient (Wildman–Crippen LogP) is 3.47. The van der Waals surface area contributed by atoms with E-state index in [9.17, 15) is 0 Å². The van der Waals surface area contributed by atoms with Gasteiger partial charge in [0, 0.05) is 23.7 Å². The Bertz CT molecular complexity index is 523. The summed E-state index contributed by atoms with van der Waals surface area (Å²) >= 11 is 12.2. The molecule has 2 rings (SSSR count). The summed E-state index contributed by atoms with van der Waals surface area (Å²) in [6.45, 7) is 4.80. The molecule has 0 spiro atoms. The maximum absolute atomic E-state index is 6.21. The largest absolute Gasteiger partial charge is 0.329 e. The summed E-state index contributed by atoms with van der Waals surface area (Å²) in [5.74, 6) is 0. The maximum atomic E-state index is 6.21. The van der Waals surface area contributed by atoms with Gasteiger partial charge in [-0.25, -0.2) is 4.98 Å². The highest BCUT2D eigenvalue weighted by Crippen LogP contribution is 2.30. The summed E-state index contributed by atoms with van der Waals surface area (Å²) in [5, 5.41) is 4.64. The molecule has 18 heavy (non-hydrogen) atoms. The molecule has 1 aromatic heterocycles. The molecule has 0 atom stereocenters. The first-order chi connectivity index (χ1) is 8.72. The molecule has 1 aromatic carbocycles. The van der Waals surface area contributed by atoms with Crippen LogP contribution in [0.5, 0.6) is 0 Å². The lowest BCUT2D eigenvalue weighted by Gasteiger charge is -2.10. The van der Waals surface area contributed by atoms with E-state index in [-0.39, 0.29) is 0 Å². The number of imidazole rings is 1. The van der Waals surface area contributed by atoms with E-state index in [2.05, 4.69) is 21.8 Å². The summed E-state index contributed by atoms with van der Waals surface area (Å²) in [6, 6.07) is 5.46. The Morgan fingerprint density at radius 3 is 2.94 bits per heavy atom. The molecule has 0 bridgehead atoms. The highest BCUT2D eigenvalue weighted by Gasteiger charge is 2.09. The van der Waals surface area contributed by atoms with Gasteiger partial charge in [-0.05, 0) is 24.7 Å². The topological polar surface area (TPSA) is 29.9 Å². The molecule has 0 radical (unpaired) electrons. The van der Waals surface area contributed by atoms with Crippen molar-refractivity contribution in [1.29, 1.82) is 0 Å². The number of aromatic nitrogens is 2. The van der Waals surface area contributed by atoms with Crippen molar-refractivity contribution >= 4 is 23.2 Å². The molecule has 0 saturated carbocycles. The van der Waals surface area contributed by atoms with Crippen LogP contribution in [0.15, 0.2) is 30.7 Å². The van der Waals surface area contributed by atoms with Gasteiger partial charge in [-0.1, -0.05) is 30.1 Å². The van der Waals surface area contributed by atoms with Crippen molar-refractivity contribution in [3.63, 3.8) is 0 Å². The Hall–Kier alpha value is -1.03. The standard InChI is InChI=1S/C13H15Cl2N3/c1-2-16-5-6-18-9-17-8-13(18)11-7-10(14)3-4-12(11)15/h3-4,7-9,16H,2,5-6H2,1H3. The average molecular weight is 284 g/mol. The highest BCUT2D eigenvalue weighted by molar-refractivity contribution is 6.35. The summed E-state index contributed by atoms with van der Waals surface area (Å²) in [7, 11) is 0. The Labute approximate surface area is 117 Å². The highest BCUT2D eigenvalue weighted by atomic mass is 35.5. The molecule has 3 nitrogen and oxygen atoms in total. The van der Waals surface area contributed by atoms with E-state index in [0.29, 0.717) is 10.0 Å². The second kappa shape index (κ2) is 6.23. The normalized spacial score (nSPS) is 10.8. The van der Waals surface area contributed by atoms with Gasteiger partial charge in [0.15, 0.2) is 0 Å². The lowest BCUT2D eigenvalue weighted by Crippen LogP contribution is -2.19. The molecule has 0 aliphatic rings. The Balaban J connectivity index is 2.27. The molecule has 1 N–H and O–H groups in total. The van der Waals surface area contributed by atoms with Gasteiger partial charge in [-0.15, -0.1) is 0 Å². The third-order valence-corrected chi connectivity index (χ3v) is 3.26. The summed E-state index contributed by atoms with van der Waals surface area (Å²) in [4.78, 5) is 4.18. The van der Waals surface area contributed by atoms with Crippen molar-refractivity contribution in [3.8, 4) is 11.3 Å². The average Bonchev–Trinajstić information content (AvgIpc) is 2.81. The quantitative estimate of drug-likeness (QED) is 0.852. The van der Waals surface area contributed by atoms with Crippen molar-refractivity contribution in [2.24, 2.45) is 0 Å². The van der Waals surface area contributed by atoms with Gasteiger partial charge >= 0.3 is 0 Å². The zero-order valence-electron chi connectivity index (χ0n) is 10.2. The monoisotopic (exact) mass is 283 g/mol. The minimum atomic E-state index is 0.675. The minimum absolute atomic E-state index is 0.675. The van der Waals surface area contributed by atoms with Crippen LogP contribution < -0.4 is 5.32 Å². The van der Waals surface area contributed by atoms with Crippen LogP contribution in [0.4, 0.5) is 0 Å². The molecule has 2 aromatic rings. The van der Waals surface area contributed by atoms with Gasteiger partial charge in [0.1, 0.15) is 0 Å². The number of halogens is 2. The van der Waals surface area contributed by atoms with Gasteiger partial charge in [0.25, 0.3) is 0 Å². The summed E-state index contributed by atoms with van der Waals surface area (Å²) in [6.07, 6.45) is 3.62. The van der Waals surface area contributed by atoms with Gasteiger partial charge in [-0.2, -0.15) is 0 Å². The number of hydrogen-bond donors (Lipinski definition) is 1. The lowest BCUT2D eigenvalue weighted by molar-refractivity contribution is 0.616. The fourth-order valence-corrected chi connectivity index (χ4v) is 2.18. The smallest absolute Gasteiger partial charge is 0.0951 e. The fourth-order valence-electron chi connectivity index (χ4n) is 1.79. The number of nitrogens with one attached hydrogen (secondary N) is 1. The number of rotatable bonds is 5. The maximum Gasteiger partial charge on any atom is 0.0951 e. The molecule has 1 heterocycles. The number of likely N-dealkylation sites (N-methyl/N-ethyl adjacent to an activating group) is 1. The zero-order valence-corrected chi connectivity index (χ0v) is 11.7. The number of benzene rings is 1. The van der Waals surface area contributed by atoms with Crippen LogP contribution in [0.2, 0.25) is 10.0 Å². The molecule has 0 saturated heterocycles. The second-order valence-electron chi connectivity index (χ2n) is 3.95. The van der Waals surface area contributed by atoms with E-state index in [1.165, 1.54) is 0 Å². The van der Waals surface area contributed by atoms with Crippen molar-refractivity contribution in [1.82, 2.24) is 14.9 Å². The minimum Gasteiger partial charge on any atom is -0.329 e. The van der Waals surface area contributed by atoms with Crippen molar-refractivity contribution < 1.29 is 0 Å².